The number of carboxylic acid groups (broad SMARTS) is 1. The predicted molar refractivity (Wildman–Crippen MR) is 119 cm³/mol. The molecule has 0 spiro atoms. The molecule has 2 atom stereocenters. The minimum Gasteiger partial charge on any atom is -0.477 e. The number of hydrogen-bond donors (Lipinski definition) is 5. The number of aromatic amines is 1. The maximum absolute atomic E-state index is 12.7. The van der Waals surface area contributed by atoms with Crippen molar-refractivity contribution in [1.82, 2.24) is 30.6 Å². The summed E-state index contributed by atoms with van der Waals surface area (Å²) in [5, 5.41) is 36.7. The fourth-order valence-electron chi connectivity index (χ4n) is 2.94. The first-order valence-electron chi connectivity index (χ1n) is 8.67. The normalized spacial score (nSPS) is 20.7. The van der Waals surface area contributed by atoms with E-state index in [1.54, 1.807) is 6.20 Å². The minimum atomic E-state index is -1.22. The third-order valence-electron chi connectivity index (χ3n) is 4.34. The second kappa shape index (κ2) is 9.39. The lowest BCUT2D eigenvalue weighted by atomic mass is 10.0. The number of nitrogens with two attached hydrogens (primary N) is 1. The summed E-state index contributed by atoms with van der Waals surface area (Å²) in [6.07, 6.45) is 1.56. The van der Waals surface area contributed by atoms with Gasteiger partial charge >= 0.3 is 5.97 Å². The van der Waals surface area contributed by atoms with Gasteiger partial charge in [0.25, 0.3) is 11.8 Å². The van der Waals surface area contributed by atoms with Crippen molar-refractivity contribution in [3.63, 3.8) is 0 Å². The first kappa shape index (κ1) is 22.4. The number of amides is 2. The summed E-state index contributed by atoms with van der Waals surface area (Å²) in [6.45, 7) is 0. The summed E-state index contributed by atoms with van der Waals surface area (Å²) in [5.41, 5.74) is 5.12. The number of aromatic nitrogens is 4. The van der Waals surface area contributed by atoms with Gasteiger partial charge in [-0.25, -0.2) is 9.78 Å². The zero-order chi connectivity index (χ0) is 22.8. The van der Waals surface area contributed by atoms with Crippen molar-refractivity contribution >= 4 is 75.2 Å². The molecule has 4 rings (SSSR count). The highest BCUT2D eigenvalue weighted by Gasteiger charge is 2.54. The number of rotatable bonds is 8. The van der Waals surface area contributed by atoms with Crippen molar-refractivity contribution in [2.45, 2.75) is 16.4 Å². The Morgan fingerprint density at radius 3 is 2.88 bits per heavy atom. The lowest BCUT2D eigenvalue weighted by Crippen LogP contribution is -2.71. The summed E-state index contributed by atoms with van der Waals surface area (Å²) < 4.78 is 0. The highest BCUT2D eigenvalue weighted by atomic mass is 32.2. The molecule has 0 aromatic carbocycles. The average molecular weight is 515 g/mol. The largest absolute Gasteiger partial charge is 0.477 e. The van der Waals surface area contributed by atoms with Gasteiger partial charge in [0.05, 0.1) is 11.3 Å². The number of oxime groups is 1. The van der Waals surface area contributed by atoms with Gasteiger partial charge in [0, 0.05) is 16.0 Å². The molecule has 0 bridgehead atoms. The van der Waals surface area contributed by atoms with Crippen LogP contribution in [0.5, 0.6) is 0 Å². The zero-order valence-electron chi connectivity index (χ0n) is 15.8. The van der Waals surface area contributed by atoms with Gasteiger partial charge in [0.1, 0.15) is 27.8 Å². The van der Waals surface area contributed by atoms with Crippen LogP contribution in [0.1, 0.15) is 5.69 Å². The number of H-pyrrole nitrogens is 1. The van der Waals surface area contributed by atoms with Crippen LogP contribution in [0, 0.1) is 0 Å². The Balaban J connectivity index is 1.44. The van der Waals surface area contributed by atoms with Crippen molar-refractivity contribution in [3.05, 3.63) is 27.9 Å². The molecule has 0 unspecified atom stereocenters. The third-order valence-corrected chi connectivity index (χ3v) is 8.59. The summed E-state index contributed by atoms with van der Waals surface area (Å²) in [6, 6.07) is -0.967. The van der Waals surface area contributed by atoms with Gasteiger partial charge in [0.2, 0.25) is 0 Å². The number of carbonyl (C=O) groups is 3. The van der Waals surface area contributed by atoms with E-state index >= 15 is 0 Å². The van der Waals surface area contributed by atoms with Crippen molar-refractivity contribution in [1.29, 1.82) is 0 Å². The minimum absolute atomic E-state index is 0.0712. The SMILES string of the molecule is Nc1nc(/C(=N/O)C(=O)N[C@H]2C(=O)N3C(C(=O)O)=C(SCSc4cn[nH]n4)CS[C@H]23)cs1. The average Bonchev–Trinajstić information content (AvgIpc) is 3.44. The molecular formula is C15H14N8O5S4. The third kappa shape index (κ3) is 4.27. The van der Waals surface area contributed by atoms with Gasteiger partial charge in [-0.1, -0.05) is 16.9 Å². The Morgan fingerprint density at radius 2 is 2.25 bits per heavy atom. The highest BCUT2D eigenvalue weighted by Crippen LogP contribution is 2.44. The number of thioether (sulfide) groups is 3. The van der Waals surface area contributed by atoms with Crippen LogP contribution in [-0.4, -0.2) is 81.4 Å². The Morgan fingerprint density at radius 1 is 1.44 bits per heavy atom. The number of fused-ring (bicyclic) bond motifs is 1. The number of nitrogen functional groups attached to an aromatic ring is 1. The smallest absolute Gasteiger partial charge is 0.353 e. The number of hydrogen-bond acceptors (Lipinski definition) is 13. The molecule has 6 N–H and O–H groups in total. The number of carboxylic acids is 1. The van der Waals surface area contributed by atoms with Crippen molar-refractivity contribution in [2.75, 3.05) is 16.6 Å². The fraction of sp³-hybridized carbons (Fsp3) is 0.267. The number of carbonyl (C=O) groups excluding carboxylic acids is 2. The maximum atomic E-state index is 12.7. The molecule has 2 aromatic rings. The Labute approximate surface area is 196 Å². The number of β-lactam (4-membered cyclic amide) rings is 1. The molecule has 17 heteroatoms. The van der Waals surface area contributed by atoms with E-state index in [0.29, 0.717) is 20.8 Å². The van der Waals surface area contributed by atoms with Crippen LogP contribution in [0.25, 0.3) is 0 Å². The van der Waals surface area contributed by atoms with Gasteiger partial charge in [0.15, 0.2) is 10.8 Å². The molecular weight excluding hydrogens is 500 g/mol. The summed E-state index contributed by atoms with van der Waals surface area (Å²) in [5.74, 6) is -2.25. The molecule has 1 fully saturated rings. The summed E-state index contributed by atoms with van der Waals surface area (Å²) >= 11 is 5.08. The molecule has 2 aromatic heterocycles. The number of aliphatic carboxylic acids is 1. The molecule has 2 aliphatic heterocycles. The zero-order valence-corrected chi connectivity index (χ0v) is 19.1. The number of nitrogens with one attached hydrogen (secondary N) is 2. The van der Waals surface area contributed by atoms with Gasteiger partial charge in [-0.05, 0) is 0 Å². The molecule has 168 valence electrons. The summed E-state index contributed by atoms with van der Waals surface area (Å²) in [4.78, 5) is 42.8. The van der Waals surface area contributed by atoms with Gasteiger partial charge in [-0.2, -0.15) is 10.3 Å². The molecule has 1 saturated heterocycles. The van der Waals surface area contributed by atoms with Gasteiger partial charge in [-0.15, -0.1) is 40.0 Å². The van der Waals surface area contributed by atoms with E-state index in [9.17, 15) is 24.7 Å². The standard InChI is InChI=1S/C15H14N8O5S4/c16-15-18-5(2-30-15)8(21-28)11(24)19-9-12(25)23-10(14(26)27)6(3-29-13(9)23)31-4-32-7-1-17-22-20-7/h1-2,9,13,28H,3-4H2,(H2,16,18)(H,19,24)(H,26,27)(H,17,20,22)/b21-8-/t9-,13+/m0/s1. The molecule has 4 heterocycles. The topological polar surface area (TPSA) is 200 Å². The highest BCUT2D eigenvalue weighted by molar-refractivity contribution is 8.18. The van der Waals surface area contributed by atoms with E-state index in [1.807, 2.05) is 0 Å². The summed E-state index contributed by atoms with van der Waals surface area (Å²) in [7, 11) is 0. The quantitative estimate of drug-likeness (QED) is 0.0801. The van der Waals surface area contributed by atoms with Crippen LogP contribution in [0.2, 0.25) is 0 Å². The lowest BCUT2D eigenvalue weighted by Gasteiger charge is -2.49. The predicted octanol–water partition coefficient (Wildman–Crippen LogP) is 0.201. The van der Waals surface area contributed by atoms with E-state index < -0.39 is 29.2 Å². The monoisotopic (exact) mass is 514 g/mol. The second-order valence-corrected chi connectivity index (χ2v) is 10.6. The van der Waals surface area contributed by atoms with Crippen LogP contribution >= 0.6 is 46.6 Å². The van der Waals surface area contributed by atoms with Crippen molar-refractivity contribution in [3.8, 4) is 0 Å². The molecule has 32 heavy (non-hydrogen) atoms. The van der Waals surface area contributed by atoms with Crippen LogP contribution in [-0.2, 0) is 14.4 Å². The van der Waals surface area contributed by atoms with Crippen molar-refractivity contribution in [2.24, 2.45) is 5.16 Å². The molecule has 0 saturated carbocycles. The Hall–Kier alpha value is -2.76. The maximum Gasteiger partial charge on any atom is 0.353 e. The molecule has 0 radical (unpaired) electrons. The van der Waals surface area contributed by atoms with E-state index in [1.165, 1.54) is 45.6 Å². The van der Waals surface area contributed by atoms with Crippen LogP contribution in [0.15, 0.2) is 32.4 Å². The first-order chi connectivity index (χ1) is 15.4. The van der Waals surface area contributed by atoms with Crippen LogP contribution < -0.4 is 11.1 Å². The molecule has 13 nitrogen and oxygen atoms in total. The first-order valence-corrected chi connectivity index (χ1v) is 12.6. The number of thiazole rings is 1. The lowest BCUT2D eigenvalue weighted by molar-refractivity contribution is -0.150. The number of anilines is 1. The Bertz CT molecular complexity index is 1120. The van der Waals surface area contributed by atoms with Crippen LogP contribution in [0.3, 0.4) is 0 Å². The second-order valence-electron chi connectivity index (χ2n) is 6.17. The fourth-order valence-corrected chi connectivity index (χ4v) is 7.06. The van der Waals surface area contributed by atoms with E-state index in [4.69, 9.17) is 5.73 Å². The van der Waals surface area contributed by atoms with Crippen LogP contribution in [0.4, 0.5) is 5.13 Å². The van der Waals surface area contributed by atoms with E-state index in [0.717, 1.165) is 11.3 Å². The molecule has 0 aliphatic carbocycles. The molecule has 2 amide bonds. The van der Waals surface area contributed by atoms with Crippen molar-refractivity contribution < 1.29 is 24.7 Å². The number of nitrogens with zero attached hydrogens (tertiary/aromatic N) is 5. The van der Waals surface area contributed by atoms with E-state index in [-0.39, 0.29) is 22.2 Å². The Kier molecular flexibility index (Phi) is 6.58. The van der Waals surface area contributed by atoms with E-state index in [2.05, 4.69) is 30.9 Å². The van der Waals surface area contributed by atoms with Gasteiger partial charge in [-0.3, -0.25) is 14.5 Å². The van der Waals surface area contributed by atoms with Gasteiger partial charge < -0.3 is 21.4 Å². The molecule has 2 aliphatic rings.